The first-order valence-corrected chi connectivity index (χ1v) is 4.88. The van der Waals surface area contributed by atoms with Crippen molar-refractivity contribution in [1.82, 2.24) is 0 Å². The van der Waals surface area contributed by atoms with Gasteiger partial charge in [0.05, 0.1) is 10.8 Å². The van der Waals surface area contributed by atoms with Crippen molar-refractivity contribution in [2.24, 2.45) is 9.98 Å². The summed E-state index contributed by atoms with van der Waals surface area (Å²) >= 11 is 0. The van der Waals surface area contributed by atoms with Gasteiger partial charge < -0.3 is 0 Å². The van der Waals surface area contributed by atoms with Crippen LogP contribution in [0.2, 0.25) is 0 Å². The van der Waals surface area contributed by atoms with E-state index < -0.39 is 10.8 Å². The minimum atomic E-state index is -0.516. The number of hydrogen-bond donors (Lipinski definition) is 0. The fourth-order valence-electron chi connectivity index (χ4n) is 0.899. The Kier molecular flexibility index (Phi) is 4.87. The molecule has 0 rings (SSSR count). The Bertz CT molecular complexity index is 257. The molecule has 78 valence electrons. The predicted molar refractivity (Wildman–Crippen MR) is 57.7 cm³/mol. The van der Waals surface area contributed by atoms with Crippen LogP contribution >= 0.6 is 9.24 Å². The summed E-state index contributed by atoms with van der Waals surface area (Å²) in [6, 6.07) is 0. The molecule has 0 saturated carbocycles. The van der Waals surface area contributed by atoms with Crippen molar-refractivity contribution in [1.29, 1.82) is 0 Å². The Morgan fingerprint density at radius 1 is 1.07 bits per heavy atom. The average Bonchev–Trinajstić information content (AvgIpc) is 2.01. The van der Waals surface area contributed by atoms with Crippen LogP contribution in [0.4, 0.5) is 0 Å². The first-order valence-electron chi connectivity index (χ1n) is 4.30. The summed E-state index contributed by atoms with van der Waals surface area (Å²) in [6.45, 7) is 5.48. The van der Waals surface area contributed by atoms with E-state index in [2.05, 4.69) is 19.2 Å². The molecule has 0 radical (unpaired) electrons. The molecule has 0 aliphatic rings. The summed E-state index contributed by atoms with van der Waals surface area (Å²) in [4.78, 5) is 27.5. The Labute approximate surface area is 86.1 Å². The van der Waals surface area contributed by atoms with Gasteiger partial charge in [-0.3, -0.25) is 0 Å². The molecule has 0 bridgehead atoms. The second-order valence-corrected chi connectivity index (χ2v) is 5.32. The van der Waals surface area contributed by atoms with Gasteiger partial charge in [-0.2, -0.15) is 9.98 Å². The fraction of sp³-hybridized carbons (Fsp3) is 0.778. The molecule has 0 fully saturated rings. The number of isocyanates is 2. The minimum absolute atomic E-state index is 0.446. The largest absolute Gasteiger partial charge is 0.235 e. The van der Waals surface area contributed by atoms with Gasteiger partial charge in [0.15, 0.2) is 0 Å². The topological polar surface area (TPSA) is 58.9 Å². The molecule has 0 aromatic heterocycles. The summed E-state index contributed by atoms with van der Waals surface area (Å²) in [7, 11) is 2.48. The van der Waals surface area contributed by atoms with Crippen molar-refractivity contribution in [2.75, 3.05) is 0 Å². The Morgan fingerprint density at radius 3 is 2.00 bits per heavy atom. The Morgan fingerprint density at radius 2 is 1.57 bits per heavy atom. The molecule has 0 aliphatic heterocycles. The van der Waals surface area contributed by atoms with Crippen LogP contribution in [0.25, 0.3) is 0 Å². The van der Waals surface area contributed by atoms with Gasteiger partial charge in [0.2, 0.25) is 12.2 Å². The van der Waals surface area contributed by atoms with Gasteiger partial charge in [-0.1, -0.05) is 0 Å². The maximum absolute atomic E-state index is 10.1. The van der Waals surface area contributed by atoms with Gasteiger partial charge >= 0.3 is 0 Å². The highest BCUT2D eigenvalue weighted by atomic mass is 31.0. The van der Waals surface area contributed by atoms with Crippen molar-refractivity contribution in [3.05, 3.63) is 0 Å². The summed E-state index contributed by atoms with van der Waals surface area (Å²) in [5, 5.41) is -0.516. The maximum Gasteiger partial charge on any atom is 0.235 e. The van der Waals surface area contributed by atoms with E-state index >= 15 is 0 Å². The van der Waals surface area contributed by atoms with Crippen LogP contribution in [0.15, 0.2) is 9.98 Å². The molecule has 4 nitrogen and oxygen atoms in total. The summed E-state index contributed by atoms with van der Waals surface area (Å²) in [5.41, 5.74) is -0.446. The quantitative estimate of drug-likeness (QED) is 0.398. The molecular formula is C9H15N2O2P. The molecule has 2 atom stereocenters. The fourth-order valence-corrected chi connectivity index (χ4v) is 1.10. The first-order chi connectivity index (χ1) is 6.33. The van der Waals surface area contributed by atoms with Gasteiger partial charge in [-0.05, 0) is 33.6 Å². The first kappa shape index (κ1) is 13.2. The van der Waals surface area contributed by atoms with Gasteiger partial charge in [0.1, 0.15) is 0 Å². The van der Waals surface area contributed by atoms with Crippen molar-refractivity contribution < 1.29 is 9.59 Å². The smallest absolute Gasteiger partial charge is 0.211 e. The zero-order chi connectivity index (χ0) is 11.2. The number of carbonyl (C=O) groups excluding carboxylic acids is 2. The zero-order valence-electron chi connectivity index (χ0n) is 8.70. The van der Waals surface area contributed by atoms with Crippen LogP contribution in [0, 0.1) is 0 Å². The second-order valence-electron chi connectivity index (χ2n) is 4.08. The van der Waals surface area contributed by atoms with Crippen LogP contribution < -0.4 is 0 Å². The van der Waals surface area contributed by atoms with Crippen LogP contribution in [-0.4, -0.2) is 23.0 Å². The lowest BCUT2D eigenvalue weighted by Gasteiger charge is -2.23. The number of aliphatic imine (C=N–C) groups is 2. The molecular weight excluding hydrogens is 199 g/mol. The molecule has 14 heavy (non-hydrogen) atoms. The lowest BCUT2D eigenvalue weighted by Crippen LogP contribution is -2.22. The molecule has 0 amide bonds. The van der Waals surface area contributed by atoms with Crippen LogP contribution in [0.3, 0.4) is 0 Å². The SMILES string of the molecule is CC(C)(CCC(C)(P)N=C=O)N=C=O. The van der Waals surface area contributed by atoms with Gasteiger partial charge in [-0.15, -0.1) is 9.24 Å². The molecule has 0 saturated heterocycles. The third kappa shape index (κ3) is 5.77. The van der Waals surface area contributed by atoms with E-state index in [0.29, 0.717) is 12.8 Å². The third-order valence-electron chi connectivity index (χ3n) is 1.89. The van der Waals surface area contributed by atoms with E-state index in [4.69, 9.17) is 0 Å². The minimum Gasteiger partial charge on any atom is -0.211 e. The van der Waals surface area contributed by atoms with Gasteiger partial charge in [0.25, 0.3) is 0 Å². The average molecular weight is 214 g/mol. The number of hydrogen-bond acceptors (Lipinski definition) is 4. The highest BCUT2D eigenvalue weighted by Crippen LogP contribution is 2.29. The highest BCUT2D eigenvalue weighted by molar-refractivity contribution is 7.18. The van der Waals surface area contributed by atoms with Crippen LogP contribution in [0.1, 0.15) is 33.6 Å². The third-order valence-corrected chi connectivity index (χ3v) is 2.31. The molecule has 0 heterocycles. The molecule has 0 N–H and O–H groups in total. The molecule has 0 aromatic rings. The van der Waals surface area contributed by atoms with E-state index in [0.717, 1.165) is 0 Å². The molecule has 2 unspecified atom stereocenters. The van der Waals surface area contributed by atoms with E-state index in [-0.39, 0.29) is 0 Å². The summed E-state index contributed by atoms with van der Waals surface area (Å²) in [6.07, 6.45) is 4.36. The Hall–Kier alpha value is -0.810. The van der Waals surface area contributed by atoms with Crippen molar-refractivity contribution in [2.45, 2.75) is 44.4 Å². The predicted octanol–water partition coefficient (Wildman–Crippen LogP) is 1.81. The summed E-state index contributed by atoms with van der Waals surface area (Å²) < 4.78 is 0. The second kappa shape index (κ2) is 5.17. The van der Waals surface area contributed by atoms with Gasteiger partial charge in [-0.25, -0.2) is 9.59 Å². The van der Waals surface area contributed by atoms with E-state index in [1.165, 1.54) is 12.2 Å². The van der Waals surface area contributed by atoms with Crippen molar-refractivity contribution in [3.63, 3.8) is 0 Å². The molecule has 5 heteroatoms. The molecule has 0 aromatic carbocycles. The molecule has 0 aliphatic carbocycles. The van der Waals surface area contributed by atoms with Crippen molar-refractivity contribution in [3.8, 4) is 0 Å². The van der Waals surface area contributed by atoms with E-state index in [1.807, 2.05) is 20.8 Å². The molecule has 0 spiro atoms. The van der Waals surface area contributed by atoms with Crippen molar-refractivity contribution >= 4 is 21.4 Å². The highest BCUT2D eigenvalue weighted by Gasteiger charge is 2.23. The summed E-state index contributed by atoms with van der Waals surface area (Å²) in [5.74, 6) is 0. The van der Waals surface area contributed by atoms with Gasteiger partial charge in [0, 0.05) is 0 Å². The Balaban J connectivity index is 4.30. The monoisotopic (exact) mass is 214 g/mol. The number of rotatable bonds is 5. The lowest BCUT2D eigenvalue weighted by molar-refractivity contribution is 0.421. The zero-order valence-corrected chi connectivity index (χ0v) is 9.86. The standard InChI is InChI=1S/C9H15N2O2P/c1-8(2,10-6-12)4-5-9(3,14)11-7-13/h4-5,14H2,1-3H3. The normalized spacial score (nSPS) is 14.9. The lowest BCUT2D eigenvalue weighted by atomic mass is 9.97. The number of nitrogens with zero attached hydrogens (tertiary/aromatic N) is 2. The van der Waals surface area contributed by atoms with E-state index in [9.17, 15) is 9.59 Å². The van der Waals surface area contributed by atoms with Crippen LogP contribution in [0.5, 0.6) is 0 Å². The maximum atomic E-state index is 10.1. The van der Waals surface area contributed by atoms with E-state index in [1.54, 1.807) is 0 Å². The van der Waals surface area contributed by atoms with Crippen LogP contribution in [-0.2, 0) is 9.59 Å².